The van der Waals surface area contributed by atoms with Gasteiger partial charge in [-0.1, -0.05) is 26.0 Å². The number of aromatic amines is 1. The van der Waals surface area contributed by atoms with E-state index in [1.165, 1.54) is 5.56 Å². The Bertz CT molecular complexity index is 561. The average molecular weight is 273 g/mol. The van der Waals surface area contributed by atoms with Gasteiger partial charge in [-0.2, -0.15) is 5.10 Å². The van der Waals surface area contributed by atoms with Gasteiger partial charge >= 0.3 is 0 Å². The number of aromatic nitrogens is 2. The van der Waals surface area contributed by atoms with Crippen LogP contribution >= 0.6 is 0 Å². The van der Waals surface area contributed by atoms with Crippen molar-refractivity contribution in [2.75, 3.05) is 13.7 Å². The minimum Gasteiger partial charge on any atom is -0.493 e. The monoisotopic (exact) mass is 273 g/mol. The molecular weight excluding hydrogens is 250 g/mol. The molecule has 2 N–H and O–H groups in total. The van der Waals surface area contributed by atoms with Gasteiger partial charge < -0.3 is 10.1 Å². The fourth-order valence-corrected chi connectivity index (χ4v) is 2.08. The molecule has 0 aliphatic rings. The maximum atomic E-state index is 5.78. The van der Waals surface area contributed by atoms with Gasteiger partial charge in [-0.15, -0.1) is 0 Å². The number of hydrogen-bond acceptors (Lipinski definition) is 3. The molecule has 1 aromatic heterocycles. The van der Waals surface area contributed by atoms with Gasteiger partial charge in [0.2, 0.25) is 0 Å². The predicted octanol–water partition coefficient (Wildman–Crippen LogP) is 3.14. The van der Waals surface area contributed by atoms with Crippen molar-refractivity contribution in [2.45, 2.75) is 27.3 Å². The van der Waals surface area contributed by atoms with Crippen LogP contribution in [-0.2, 0) is 6.54 Å². The summed E-state index contributed by atoms with van der Waals surface area (Å²) >= 11 is 0. The summed E-state index contributed by atoms with van der Waals surface area (Å²) in [4.78, 5) is 0. The molecule has 0 bridgehead atoms. The van der Waals surface area contributed by atoms with Gasteiger partial charge in [-0.25, -0.2) is 0 Å². The molecule has 2 rings (SSSR count). The van der Waals surface area contributed by atoms with Gasteiger partial charge in [-0.3, -0.25) is 5.10 Å². The largest absolute Gasteiger partial charge is 0.493 e. The minimum atomic E-state index is 0.520. The summed E-state index contributed by atoms with van der Waals surface area (Å²) in [5, 5.41) is 10.7. The third-order valence-corrected chi connectivity index (χ3v) is 3.12. The van der Waals surface area contributed by atoms with Crippen molar-refractivity contribution >= 4 is 0 Å². The first-order valence-corrected chi connectivity index (χ1v) is 7.03. The highest BCUT2D eigenvalue weighted by Crippen LogP contribution is 2.27. The van der Waals surface area contributed by atoms with Crippen molar-refractivity contribution in [3.05, 3.63) is 35.5 Å². The molecule has 0 atom stereocenters. The van der Waals surface area contributed by atoms with E-state index >= 15 is 0 Å². The number of H-pyrrole nitrogens is 1. The molecule has 4 nitrogen and oxygen atoms in total. The van der Waals surface area contributed by atoms with E-state index in [0.29, 0.717) is 5.92 Å². The van der Waals surface area contributed by atoms with Gasteiger partial charge in [-0.05, 0) is 32.0 Å². The normalized spacial score (nSPS) is 11.1. The van der Waals surface area contributed by atoms with E-state index in [0.717, 1.165) is 35.9 Å². The van der Waals surface area contributed by atoms with Crippen LogP contribution in [0.1, 0.15) is 25.1 Å². The first-order valence-electron chi connectivity index (χ1n) is 7.03. The maximum Gasteiger partial charge on any atom is 0.119 e. The number of aryl methyl sites for hydroxylation is 1. The lowest BCUT2D eigenvalue weighted by Crippen LogP contribution is -2.07. The molecule has 108 valence electrons. The van der Waals surface area contributed by atoms with Gasteiger partial charge in [0, 0.05) is 23.4 Å². The number of ether oxygens (including phenoxy) is 1. The number of benzene rings is 1. The Morgan fingerprint density at radius 1 is 1.35 bits per heavy atom. The summed E-state index contributed by atoms with van der Waals surface area (Å²) in [6.07, 6.45) is 0. The first kappa shape index (κ1) is 14.6. The van der Waals surface area contributed by atoms with Gasteiger partial charge in [0.05, 0.1) is 12.3 Å². The Labute approximate surface area is 120 Å². The third kappa shape index (κ3) is 3.39. The second kappa shape index (κ2) is 6.57. The summed E-state index contributed by atoms with van der Waals surface area (Å²) < 4.78 is 5.78. The van der Waals surface area contributed by atoms with Crippen LogP contribution in [-0.4, -0.2) is 23.9 Å². The van der Waals surface area contributed by atoms with Crippen molar-refractivity contribution in [2.24, 2.45) is 5.92 Å². The number of hydrogen-bond donors (Lipinski definition) is 2. The van der Waals surface area contributed by atoms with E-state index < -0.39 is 0 Å². The number of rotatable bonds is 6. The Balaban J connectivity index is 2.26. The van der Waals surface area contributed by atoms with Crippen molar-refractivity contribution in [3.63, 3.8) is 0 Å². The predicted molar refractivity (Wildman–Crippen MR) is 81.9 cm³/mol. The van der Waals surface area contributed by atoms with E-state index in [1.54, 1.807) is 0 Å². The molecule has 2 aromatic rings. The zero-order chi connectivity index (χ0) is 14.5. The third-order valence-electron chi connectivity index (χ3n) is 3.12. The topological polar surface area (TPSA) is 49.9 Å². The molecule has 0 unspecified atom stereocenters. The minimum absolute atomic E-state index is 0.520. The van der Waals surface area contributed by atoms with Crippen LogP contribution in [0.15, 0.2) is 24.3 Å². The maximum absolute atomic E-state index is 5.78. The highest BCUT2D eigenvalue weighted by Gasteiger charge is 2.12. The molecule has 0 saturated carbocycles. The lowest BCUT2D eigenvalue weighted by atomic mass is 10.1. The van der Waals surface area contributed by atoms with Gasteiger partial charge in [0.25, 0.3) is 0 Å². The van der Waals surface area contributed by atoms with E-state index in [4.69, 9.17) is 4.74 Å². The van der Waals surface area contributed by atoms with Crippen LogP contribution in [0.3, 0.4) is 0 Å². The molecule has 0 spiro atoms. The van der Waals surface area contributed by atoms with Crippen LogP contribution < -0.4 is 10.1 Å². The van der Waals surface area contributed by atoms with Crippen LogP contribution in [0.25, 0.3) is 11.3 Å². The van der Waals surface area contributed by atoms with E-state index in [9.17, 15) is 0 Å². The molecule has 0 aliphatic carbocycles. The van der Waals surface area contributed by atoms with Gasteiger partial charge in [0.15, 0.2) is 0 Å². The second-order valence-electron chi connectivity index (χ2n) is 5.44. The Morgan fingerprint density at radius 2 is 2.15 bits per heavy atom. The highest BCUT2D eigenvalue weighted by molar-refractivity contribution is 5.65. The summed E-state index contributed by atoms with van der Waals surface area (Å²) in [5.41, 5.74) is 4.38. The van der Waals surface area contributed by atoms with E-state index in [2.05, 4.69) is 41.5 Å². The van der Waals surface area contributed by atoms with E-state index in [1.807, 2.05) is 26.1 Å². The molecule has 0 radical (unpaired) electrons. The van der Waals surface area contributed by atoms with Crippen LogP contribution in [0.2, 0.25) is 0 Å². The summed E-state index contributed by atoms with van der Waals surface area (Å²) in [6, 6.07) is 8.12. The SMILES string of the molecule is CNCc1c(-c2cccc(OCC(C)C)c2)n[nH]c1C. The quantitative estimate of drug-likeness (QED) is 0.850. The van der Waals surface area contributed by atoms with Crippen molar-refractivity contribution in [1.82, 2.24) is 15.5 Å². The molecule has 0 aliphatic heterocycles. The zero-order valence-electron chi connectivity index (χ0n) is 12.7. The van der Waals surface area contributed by atoms with Crippen molar-refractivity contribution in [1.29, 1.82) is 0 Å². The number of nitrogens with one attached hydrogen (secondary N) is 2. The fourth-order valence-electron chi connectivity index (χ4n) is 2.08. The molecule has 4 heteroatoms. The molecular formula is C16H23N3O. The van der Waals surface area contributed by atoms with Crippen LogP contribution in [0.5, 0.6) is 5.75 Å². The summed E-state index contributed by atoms with van der Waals surface area (Å²) in [5.74, 6) is 1.42. The van der Waals surface area contributed by atoms with E-state index in [-0.39, 0.29) is 0 Å². The first-order chi connectivity index (χ1) is 9.61. The molecule has 1 heterocycles. The lowest BCUT2D eigenvalue weighted by Gasteiger charge is -2.10. The van der Waals surface area contributed by atoms with Gasteiger partial charge in [0.1, 0.15) is 5.75 Å². The Morgan fingerprint density at radius 3 is 2.85 bits per heavy atom. The smallest absolute Gasteiger partial charge is 0.119 e. The molecule has 0 amide bonds. The molecule has 20 heavy (non-hydrogen) atoms. The van der Waals surface area contributed by atoms with Crippen LogP contribution in [0.4, 0.5) is 0 Å². The standard InChI is InChI=1S/C16H23N3O/c1-11(2)10-20-14-7-5-6-13(8-14)16-15(9-17-4)12(3)18-19-16/h5-8,11,17H,9-10H2,1-4H3,(H,18,19). The summed E-state index contributed by atoms with van der Waals surface area (Å²) in [7, 11) is 1.94. The van der Waals surface area contributed by atoms with Crippen LogP contribution in [0, 0.1) is 12.8 Å². The highest BCUT2D eigenvalue weighted by atomic mass is 16.5. The molecule has 0 saturated heterocycles. The van der Waals surface area contributed by atoms with Crippen molar-refractivity contribution < 1.29 is 4.74 Å². The average Bonchev–Trinajstić information content (AvgIpc) is 2.79. The Kier molecular flexibility index (Phi) is 4.79. The Hall–Kier alpha value is -1.81. The summed E-state index contributed by atoms with van der Waals surface area (Å²) in [6.45, 7) is 7.86. The fraction of sp³-hybridized carbons (Fsp3) is 0.438. The zero-order valence-corrected chi connectivity index (χ0v) is 12.7. The number of nitrogens with zero attached hydrogens (tertiary/aromatic N) is 1. The lowest BCUT2D eigenvalue weighted by molar-refractivity contribution is 0.271. The molecule has 0 fully saturated rings. The second-order valence-corrected chi connectivity index (χ2v) is 5.44. The molecule has 1 aromatic carbocycles. The van der Waals surface area contributed by atoms with Crippen molar-refractivity contribution in [3.8, 4) is 17.0 Å².